The molecule has 0 unspecified atom stereocenters. The Labute approximate surface area is 184 Å². The van der Waals surface area contributed by atoms with Crippen molar-refractivity contribution in [1.29, 1.82) is 0 Å². The molecule has 1 aliphatic rings. The lowest BCUT2D eigenvalue weighted by molar-refractivity contribution is -0.117. The van der Waals surface area contributed by atoms with Crippen molar-refractivity contribution < 1.29 is 13.2 Å². The lowest BCUT2D eigenvalue weighted by atomic mass is 9.98. The molecule has 2 aromatic heterocycles. The molecular weight excluding hydrogens is 438 g/mol. The van der Waals surface area contributed by atoms with Crippen LogP contribution in [0.4, 0.5) is 5.69 Å². The first-order valence-electron chi connectivity index (χ1n) is 9.57. The summed E-state index contributed by atoms with van der Waals surface area (Å²) in [5.41, 5.74) is 2.38. The first-order valence-corrected chi connectivity index (χ1v) is 12.8. The topological polar surface area (TPSA) is 78.5 Å². The van der Waals surface area contributed by atoms with Crippen molar-refractivity contribution in [3.8, 4) is 0 Å². The van der Waals surface area contributed by atoms with Gasteiger partial charge in [0.05, 0.1) is 17.5 Å². The normalized spacial score (nSPS) is 16.9. The van der Waals surface area contributed by atoms with Crippen molar-refractivity contribution in [2.75, 3.05) is 25.5 Å². The Morgan fingerprint density at radius 2 is 2.03 bits per heavy atom. The Kier molecular flexibility index (Phi) is 6.08. The molecule has 1 atom stereocenters. The van der Waals surface area contributed by atoms with E-state index in [2.05, 4.69) is 37.8 Å². The first kappa shape index (κ1) is 21.2. The molecule has 1 aliphatic heterocycles. The van der Waals surface area contributed by atoms with Crippen LogP contribution in [0.2, 0.25) is 0 Å². The minimum atomic E-state index is -3.59. The fourth-order valence-corrected chi connectivity index (χ4v) is 6.56. The zero-order chi connectivity index (χ0) is 21.3. The van der Waals surface area contributed by atoms with Crippen LogP contribution in [0.5, 0.6) is 0 Å². The van der Waals surface area contributed by atoms with Gasteiger partial charge in [-0.3, -0.25) is 9.69 Å². The Morgan fingerprint density at radius 3 is 2.77 bits per heavy atom. The number of amides is 1. The second-order valence-corrected chi connectivity index (χ2v) is 11.0. The van der Waals surface area contributed by atoms with Crippen molar-refractivity contribution in [1.82, 2.24) is 9.62 Å². The molecule has 0 radical (unpaired) electrons. The van der Waals surface area contributed by atoms with Gasteiger partial charge in [0.2, 0.25) is 15.9 Å². The van der Waals surface area contributed by atoms with Crippen LogP contribution < -0.4 is 10.0 Å². The number of sulfonamides is 1. The molecule has 6 nitrogen and oxygen atoms in total. The van der Waals surface area contributed by atoms with Crippen LogP contribution in [0.15, 0.2) is 52.1 Å². The average Bonchev–Trinajstić information content (AvgIpc) is 3.41. The van der Waals surface area contributed by atoms with Gasteiger partial charge in [0.1, 0.15) is 0 Å². The molecule has 1 aromatic carbocycles. The van der Waals surface area contributed by atoms with Gasteiger partial charge in [-0.25, -0.2) is 13.1 Å². The van der Waals surface area contributed by atoms with Gasteiger partial charge < -0.3 is 5.32 Å². The fraction of sp³-hybridized carbons (Fsp3) is 0.286. The molecular formula is C21H23N3O3S3. The number of benzene rings is 1. The summed E-state index contributed by atoms with van der Waals surface area (Å²) in [6.45, 7) is 2.77. The van der Waals surface area contributed by atoms with Gasteiger partial charge >= 0.3 is 0 Å². The highest BCUT2D eigenvalue weighted by atomic mass is 32.2. The number of rotatable bonds is 6. The number of aryl methyl sites for hydroxylation is 1. The summed E-state index contributed by atoms with van der Waals surface area (Å²) in [6, 6.07) is 11.3. The molecule has 158 valence electrons. The van der Waals surface area contributed by atoms with E-state index in [1.54, 1.807) is 41.7 Å². The van der Waals surface area contributed by atoms with Crippen LogP contribution >= 0.6 is 22.7 Å². The zero-order valence-corrected chi connectivity index (χ0v) is 19.2. The first-order chi connectivity index (χ1) is 14.4. The minimum Gasteiger partial charge on any atom is -0.325 e. The van der Waals surface area contributed by atoms with Gasteiger partial charge in [-0.2, -0.15) is 0 Å². The van der Waals surface area contributed by atoms with E-state index in [1.807, 2.05) is 6.07 Å². The minimum absolute atomic E-state index is 0.0731. The third-order valence-corrected chi connectivity index (χ3v) is 8.73. The molecule has 2 N–H and O–H groups in total. The third kappa shape index (κ3) is 4.21. The molecule has 0 aliphatic carbocycles. The number of nitrogens with zero attached hydrogens (tertiary/aromatic N) is 1. The van der Waals surface area contributed by atoms with Crippen molar-refractivity contribution >= 4 is 44.3 Å². The van der Waals surface area contributed by atoms with Crippen molar-refractivity contribution in [3.63, 3.8) is 0 Å². The summed E-state index contributed by atoms with van der Waals surface area (Å²) in [7, 11) is -2.21. The number of carbonyl (C=O) groups is 1. The molecule has 4 rings (SSSR count). The van der Waals surface area contributed by atoms with Gasteiger partial charge in [0.25, 0.3) is 0 Å². The molecule has 0 bridgehead atoms. The van der Waals surface area contributed by atoms with Crippen LogP contribution in [0.25, 0.3) is 0 Å². The molecule has 3 aromatic rings. The van der Waals surface area contributed by atoms with E-state index in [-0.39, 0.29) is 23.4 Å². The summed E-state index contributed by atoms with van der Waals surface area (Å²) in [5, 5.41) is 7.05. The van der Waals surface area contributed by atoms with Crippen molar-refractivity contribution in [3.05, 3.63) is 68.0 Å². The SMILES string of the molecule is CNS(=O)(=O)c1cc(NC(=O)CN2CCc3sccc3[C@@H]2c2cccs2)ccc1C. The quantitative estimate of drug-likeness (QED) is 0.588. The maximum Gasteiger partial charge on any atom is 0.240 e. The van der Waals surface area contributed by atoms with Crippen LogP contribution in [0, 0.1) is 6.92 Å². The monoisotopic (exact) mass is 461 g/mol. The highest BCUT2D eigenvalue weighted by molar-refractivity contribution is 7.89. The van der Waals surface area contributed by atoms with Gasteiger partial charge in [-0.1, -0.05) is 12.1 Å². The predicted molar refractivity (Wildman–Crippen MR) is 122 cm³/mol. The Balaban J connectivity index is 1.54. The summed E-state index contributed by atoms with van der Waals surface area (Å²) < 4.78 is 26.8. The predicted octanol–water partition coefficient (Wildman–Crippen LogP) is 3.61. The van der Waals surface area contributed by atoms with Gasteiger partial charge in [-0.05, 0) is 66.5 Å². The number of nitrogens with one attached hydrogen (secondary N) is 2. The van der Waals surface area contributed by atoms with E-state index in [1.165, 1.54) is 28.4 Å². The lowest BCUT2D eigenvalue weighted by Gasteiger charge is -2.34. The van der Waals surface area contributed by atoms with E-state index >= 15 is 0 Å². The molecule has 1 amide bonds. The number of fused-ring (bicyclic) bond motifs is 1. The maximum absolute atomic E-state index is 12.8. The highest BCUT2D eigenvalue weighted by Gasteiger charge is 2.31. The van der Waals surface area contributed by atoms with Crippen molar-refractivity contribution in [2.24, 2.45) is 0 Å². The molecule has 0 saturated heterocycles. The second kappa shape index (κ2) is 8.60. The van der Waals surface area contributed by atoms with E-state index in [0.717, 1.165) is 13.0 Å². The summed E-state index contributed by atoms with van der Waals surface area (Å²) >= 11 is 3.47. The van der Waals surface area contributed by atoms with E-state index in [0.29, 0.717) is 11.3 Å². The zero-order valence-electron chi connectivity index (χ0n) is 16.7. The van der Waals surface area contributed by atoms with Crippen LogP contribution in [-0.4, -0.2) is 39.4 Å². The lowest BCUT2D eigenvalue weighted by Crippen LogP contribution is -2.40. The standard InChI is InChI=1S/C21H23N3O3S3/c1-14-5-6-15(12-19(14)30(26,27)22-2)23-20(25)13-24-9-7-17-16(8-11-29-17)21(24)18-4-3-10-28-18/h3-6,8,10-12,21-22H,7,9,13H2,1-2H3,(H,23,25)/t21-/m1/s1. The molecule has 0 spiro atoms. The Bertz CT molecular complexity index is 1150. The molecule has 0 saturated carbocycles. The van der Waals surface area contributed by atoms with Crippen LogP contribution in [-0.2, 0) is 21.2 Å². The van der Waals surface area contributed by atoms with Crippen LogP contribution in [0.3, 0.4) is 0 Å². The van der Waals surface area contributed by atoms with Gasteiger partial charge in [0.15, 0.2) is 0 Å². The number of thiophene rings is 2. The molecule has 0 fully saturated rings. The number of hydrogen-bond donors (Lipinski definition) is 2. The summed E-state index contributed by atoms with van der Waals surface area (Å²) in [6.07, 6.45) is 0.928. The number of anilines is 1. The molecule has 3 heterocycles. The average molecular weight is 462 g/mol. The van der Waals surface area contributed by atoms with E-state index in [4.69, 9.17) is 0 Å². The second-order valence-electron chi connectivity index (χ2n) is 7.17. The summed E-state index contributed by atoms with van der Waals surface area (Å²) in [4.78, 5) is 17.8. The van der Waals surface area contributed by atoms with Gasteiger partial charge in [-0.15, -0.1) is 22.7 Å². The Morgan fingerprint density at radius 1 is 1.20 bits per heavy atom. The van der Waals surface area contributed by atoms with E-state index in [9.17, 15) is 13.2 Å². The maximum atomic E-state index is 12.8. The fourth-order valence-electron chi connectivity index (χ4n) is 3.78. The molecule has 9 heteroatoms. The third-order valence-electron chi connectivity index (χ3n) is 5.26. The van der Waals surface area contributed by atoms with Crippen molar-refractivity contribution in [2.45, 2.75) is 24.3 Å². The van der Waals surface area contributed by atoms with E-state index < -0.39 is 10.0 Å². The smallest absolute Gasteiger partial charge is 0.240 e. The summed E-state index contributed by atoms with van der Waals surface area (Å²) in [5.74, 6) is -0.160. The van der Waals surface area contributed by atoms with Gasteiger partial charge in [0, 0.05) is 22.0 Å². The number of hydrogen-bond acceptors (Lipinski definition) is 6. The highest BCUT2D eigenvalue weighted by Crippen LogP contribution is 2.39. The van der Waals surface area contributed by atoms with Crippen LogP contribution in [0.1, 0.15) is 26.9 Å². The largest absolute Gasteiger partial charge is 0.325 e. The Hall–Kier alpha value is -2.04. The molecule has 30 heavy (non-hydrogen) atoms. The number of carbonyl (C=O) groups excluding carboxylic acids is 1.